The second-order valence-corrected chi connectivity index (χ2v) is 6.19. The highest BCUT2D eigenvalue weighted by molar-refractivity contribution is 9.10. The Kier molecular flexibility index (Phi) is 5.36. The van der Waals surface area contributed by atoms with E-state index in [1.807, 2.05) is 13.0 Å². The first-order valence-corrected chi connectivity index (χ1v) is 7.77. The maximum atomic E-state index is 12.1. The van der Waals surface area contributed by atoms with Crippen molar-refractivity contribution in [3.63, 3.8) is 0 Å². The minimum atomic E-state index is -0.344. The Morgan fingerprint density at radius 1 is 1.43 bits per heavy atom. The van der Waals surface area contributed by atoms with Gasteiger partial charge in [-0.1, -0.05) is 19.1 Å². The van der Waals surface area contributed by atoms with Gasteiger partial charge in [0.15, 0.2) is 0 Å². The lowest BCUT2D eigenvalue weighted by atomic mass is 9.97. The Bertz CT molecular complexity index is 535. The van der Waals surface area contributed by atoms with Crippen molar-refractivity contribution >= 4 is 27.7 Å². The molecule has 2 rings (SSSR count). The molecule has 0 aliphatic carbocycles. The number of hydrogen-bond donors (Lipinski definition) is 2. The van der Waals surface area contributed by atoms with Gasteiger partial charge in [0.25, 0.3) is 5.91 Å². The van der Waals surface area contributed by atoms with Crippen LogP contribution in [-0.4, -0.2) is 47.6 Å². The number of likely N-dealkylation sites (tertiary alicyclic amines) is 1. The minimum absolute atomic E-state index is 0.0248. The normalized spacial score (nSPS) is 22.0. The van der Waals surface area contributed by atoms with Crippen LogP contribution in [0.4, 0.5) is 0 Å². The van der Waals surface area contributed by atoms with Crippen LogP contribution in [0.5, 0.6) is 0 Å². The number of aliphatic hydroxyl groups is 1. The molecule has 2 unspecified atom stereocenters. The summed E-state index contributed by atoms with van der Waals surface area (Å²) >= 11 is 3.31. The van der Waals surface area contributed by atoms with Crippen molar-refractivity contribution in [1.82, 2.24) is 10.2 Å². The van der Waals surface area contributed by atoms with Gasteiger partial charge in [-0.2, -0.15) is 0 Å². The van der Waals surface area contributed by atoms with E-state index < -0.39 is 0 Å². The summed E-state index contributed by atoms with van der Waals surface area (Å²) in [6.07, 6.45) is 0.245. The van der Waals surface area contributed by atoms with Crippen molar-refractivity contribution in [2.75, 3.05) is 19.6 Å². The van der Waals surface area contributed by atoms with E-state index >= 15 is 0 Å². The molecule has 1 aromatic rings. The molecule has 2 N–H and O–H groups in total. The lowest BCUT2D eigenvalue weighted by Crippen LogP contribution is -2.48. The molecule has 1 aliphatic heterocycles. The summed E-state index contributed by atoms with van der Waals surface area (Å²) in [5.74, 6) is -0.322. The summed E-state index contributed by atoms with van der Waals surface area (Å²) in [6, 6.07) is 7.08. The van der Waals surface area contributed by atoms with Gasteiger partial charge in [-0.25, -0.2) is 0 Å². The molecule has 1 saturated heterocycles. The van der Waals surface area contributed by atoms with Gasteiger partial charge < -0.3 is 15.3 Å². The largest absolute Gasteiger partial charge is 0.393 e. The first-order valence-electron chi connectivity index (χ1n) is 6.97. The van der Waals surface area contributed by atoms with Gasteiger partial charge in [-0.15, -0.1) is 0 Å². The van der Waals surface area contributed by atoms with Gasteiger partial charge >= 0.3 is 0 Å². The molecule has 1 heterocycles. The van der Waals surface area contributed by atoms with E-state index in [-0.39, 0.29) is 30.4 Å². The molecule has 6 heteroatoms. The van der Waals surface area contributed by atoms with Crippen molar-refractivity contribution in [2.45, 2.75) is 19.4 Å². The average Bonchev–Trinajstić information content (AvgIpc) is 2.47. The van der Waals surface area contributed by atoms with Crippen molar-refractivity contribution in [2.24, 2.45) is 5.92 Å². The van der Waals surface area contributed by atoms with Crippen LogP contribution >= 0.6 is 15.9 Å². The van der Waals surface area contributed by atoms with Gasteiger partial charge in [0.2, 0.25) is 5.91 Å². The Morgan fingerprint density at radius 3 is 2.81 bits per heavy atom. The fourth-order valence-corrected chi connectivity index (χ4v) is 2.83. The zero-order valence-electron chi connectivity index (χ0n) is 11.9. The van der Waals surface area contributed by atoms with Crippen LogP contribution in [0.2, 0.25) is 0 Å². The van der Waals surface area contributed by atoms with Gasteiger partial charge in [0.1, 0.15) is 0 Å². The van der Waals surface area contributed by atoms with Crippen LogP contribution in [0.1, 0.15) is 23.7 Å². The number of rotatable bonds is 3. The molecule has 1 aliphatic rings. The first-order chi connectivity index (χ1) is 9.99. The Morgan fingerprint density at radius 2 is 2.14 bits per heavy atom. The summed E-state index contributed by atoms with van der Waals surface area (Å²) in [4.78, 5) is 25.8. The van der Waals surface area contributed by atoms with E-state index in [2.05, 4.69) is 21.2 Å². The highest BCUT2D eigenvalue weighted by Crippen LogP contribution is 2.17. The predicted molar refractivity (Wildman–Crippen MR) is 82.8 cm³/mol. The van der Waals surface area contributed by atoms with Gasteiger partial charge in [0.05, 0.1) is 18.2 Å². The number of carbonyl (C=O) groups excluding carboxylic acids is 2. The second kappa shape index (κ2) is 7.04. The predicted octanol–water partition coefficient (Wildman–Crippen LogP) is 1.41. The molecule has 1 aromatic carbocycles. The summed E-state index contributed by atoms with van der Waals surface area (Å²) < 4.78 is 0.699. The maximum Gasteiger partial charge on any atom is 0.252 e. The van der Waals surface area contributed by atoms with Gasteiger partial charge in [-0.05, 0) is 40.4 Å². The zero-order chi connectivity index (χ0) is 15.4. The smallest absolute Gasteiger partial charge is 0.252 e. The molecule has 5 nitrogen and oxygen atoms in total. The number of aliphatic hydroxyl groups excluding tert-OH is 1. The standard InChI is InChI=1S/C15H19BrN2O3/c1-10-9-18(7-6-13(10)19)14(20)8-17-15(21)11-4-2-3-5-12(11)16/h2-5,10,13,19H,6-9H2,1H3,(H,17,21). The lowest BCUT2D eigenvalue weighted by molar-refractivity contribution is -0.133. The average molecular weight is 355 g/mol. The van der Waals surface area contributed by atoms with Gasteiger partial charge in [-0.3, -0.25) is 9.59 Å². The third-order valence-electron chi connectivity index (χ3n) is 3.73. The molecule has 1 fully saturated rings. The third-order valence-corrected chi connectivity index (χ3v) is 4.42. The maximum absolute atomic E-state index is 12.1. The Hall–Kier alpha value is -1.40. The van der Waals surface area contributed by atoms with Crippen molar-refractivity contribution in [1.29, 1.82) is 0 Å². The van der Waals surface area contributed by atoms with Crippen LogP contribution in [0.3, 0.4) is 0 Å². The summed E-state index contributed by atoms with van der Waals surface area (Å²) in [5, 5.41) is 12.3. The summed E-state index contributed by atoms with van der Waals surface area (Å²) in [6.45, 7) is 2.97. The number of halogens is 1. The van der Waals surface area contributed by atoms with E-state index in [1.54, 1.807) is 23.1 Å². The van der Waals surface area contributed by atoms with Crippen molar-refractivity contribution < 1.29 is 14.7 Å². The number of hydrogen-bond acceptors (Lipinski definition) is 3. The van der Waals surface area contributed by atoms with E-state index in [4.69, 9.17) is 0 Å². The fraction of sp³-hybridized carbons (Fsp3) is 0.467. The fourth-order valence-electron chi connectivity index (χ4n) is 2.37. The number of benzene rings is 1. The molecule has 2 amide bonds. The van der Waals surface area contributed by atoms with Crippen LogP contribution in [0.15, 0.2) is 28.7 Å². The quantitative estimate of drug-likeness (QED) is 0.862. The van der Waals surface area contributed by atoms with E-state index in [0.29, 0.717) is 29.5 Å². The first kappa shape index (κ1) is 16.0. The number of nitrogens with one attached hydrogen (secondary N) is 1. The minimum Gasteiger partial charge on any atom is -0.393 e. The van der Waals surface area contributed by atoms with Crippen LogP contribution in [0.25, 0.3) is 0 Å². The SMILES string of the molecule is CC1CN(C(=O)CNC(=O)c2ccccc2Br)CCC1O. The van der Waals surface area contributed by atoms with E-state index in [9.17, 15) is 14.7 Å². The zero-order valence-corrected chi connectivity index (χ0v) is 13.5. The molecule has 0 saturated carbocycles. The summed E-state index contributed by atoms with van der Waals surface area (Å²) in [7, 11) is 0. The van der Waals surface area contributed by atoms with Crippen molar-refractivity contribution in [3.05, 3.63) is 34.3 Å². The van der Waals surface area contributed by atoms with E-state index in [0.717, 1.165) is 0 Å². The second-order valence-electron chi connectivity index (χ2n) is 5.34. The molecule has 0 radical (unpaired) electrons. The molecule has 2 atom stereocenters. The van der Waals surface area contributed by atoms with Crippen LogP contribution in [-0.2, 0) is 4.79 Å². The van der Waals surface area contributed by atoms with Gasteiger partial charge in [0, 0.05) is 17.6 Å². The van der Waals surface area contributed by atoms with Crippen LogP contribution < -0.4 is 5.32 Å². The Balaban J connectivity index is 1.87. The van der Waals surface area contributed by atoms with E-state index in [1.165, 1.54) is 0 Å². The number of carbonyl (C=O) groups is 2. The molecule has 114 valence electrons. The molecular formula is C15H19BrN2O3. The molecule has 21 heavy (non-hydrogen) atoms. The number of nitrogens with zero attached hydrogens (tertiary/aromatic N) is 1. The number of amides is 2. The molecule has 0 bridgehead atoms. The highest BCUT2D eigenvalue weighted by Gasteiger charge is 2.27. The molecule has 0 spiro atoms. The monoisotopic (exact) mass is 354 g/mol. The Labute approximate surface area is 132 Å². The highest BCUT2D eigenvalue weighted by atomic mass is 79.9. The molecule has 0 aromatic heterocycles. The summed E-state index contributed by atoms with van der Waals surface area (Å²) in [5.41, 5.74) is 0.507. The molecular weight excluding hydrogens is 336 g/mol. The lowest BCUT2D eigenvalue weighted by Gasteiger charge is -2.34. The van der Waals surface area contributed by atoms with Crippen molar-refractivity contribution in [3.8, 4) is 0 Å². The van der Waals surface area contributed by atoms with Crippen LogP contribution in [0, 0.1) is 5.92 Å². The topological polar surface area (TPSA) is 69.6 Å². The number of piperidine rings is 1. The third kappa shape index (κ3) is 4.04.